The lowest BCUT2D eigenvalue weighted by atomic mass is 10.1. The number of carbonyl (C=O) groups excluding carboxylic acids is 1. The van der Waals surface area contributed by atoms with Crippen molar-refractivity contribution in [1.82, 2.24) is 19.7 Å². The van der Waals surface area contributed by atoms with Gasteiger partial charge in [-0.1, -0.05) is 6.07 Å². The molecule has 128 valence electrons. The van der Waals surface area contributed by atoms with Crippen molar-refractivity contribution in [3.8, 4) is 0 Å². The van der Waals surface area contributed by atoms with Crippen LogP contribution in [0, 0.1) is 6.92 Å². The van der Waals surface area contributed by atoms with Crippen LogP contribution in [0.4, 0.5) is 5.82 Å². The number of morpholine rings is 1. The van der Waals surface area contributed by atoms with E-state index in [9.17, 15) is 4.79 Å². The Morgan fingerprint density at radius 3 is 3.04 bits per heavy atom. The number of amides is 1. The minimum atomic E-state index is -0.178. The maximum atomic E-state index is 12.5. The molecular weight excluding hydrogens is 306 g/mol. The molecule has 1 aliphatic heterocycles. The fourth-order valence-electron chi connectivity index (χ4n) is 2.78. The SMILES string of the molecule is CNc1cccc([C@@H]2CN(C(=O)CCn3ccc(C)n3)CCO2)n1. The largest absolute Gasteiger partial charge is 0.373 e. The molecule has 1 N–H and O–H groups in total. The number of carbonyl (C=O) groups is 1. The number of rotatable bonds is 5. The Balaban J connectivity index is 1.59. The van der Waals surface area contributed by atoms with Crippen molar-refractivity contribution in [2.24, 2.45) is 0 Å². The lowest BCUT2D eigenvalue weighted by molar-refractivity contribution is -0.139. The van der Waals surface area contributed by atoms with E-state index in [1.807, 2.05) is 54.0 Å². The van der Waals surface area contributed by atoms with Gasteiger partial charge in [0.25, 0.3) is 0 Å². The van der Waals surface area contributed by atoms with Crippen molar-refractivity contribution in [2.45, 2.75) is 26.0 Å². The van der Waals surface area contributed by atoms with Crippen LogP contribution >= 0.6 is 0 Å². The van der Waals surface area contributed by atoms with E-state index in [0.717, 1.165) is 17.2 Å². The summed E-state index contributed by atoms with van der Waals surface area (Å²) in [5.41, 5.74) is 1.81. The van der Waals surface area contributed by atoms with E-state index in [2.05, 4.69) is 15.4 Å². The third-order valence-electron chi connectivity index (χ3n) is 4.10. The highest BCUT2D eigenvalue weighted by atomic mass is 16.5. The molecule has 2 aromatic heterocycles. The molecule has 2 aromatic rings. The number of nitrogens with one attached hydrogen (secondary N) is 1. The molecule has 0 bridgehead atoms. The summed E-state index contributed by atoms with van der Waals surface area (Å²) in [5.74, 6) is 0.926. The number of ether oxygens (including phenoxy) is 1. The second-order valence-corrected chi connectivity index (χ2v) is 5.87. The third-order valence-corrected chi connectivity index (χ3v) is 4.10. The summed E-state index contributed by atoms with van der Waals surface area (Å²) in [6.07, 6.45) is 2.17. The third kappa shape index (κ3) is 3.91. The first kappa shape index (κ1) is 16.4. The molecule has 1 atom stereocenters. The van der Waals surface area contributed by atoms with E-state index in [0.29, 0.717) is 32.7 Å². The van der Waals surface area contributed by atoms with Gasteiger partial charge in [-0.3, -0.25) is 9.48 Å². The van der Waals surface area contributed by atoms with Gasteiger partial charge in [0.2, 0.25) is 5.91 Å². The van der Waals surface area contributed by atoms with Gasteiger partial charge in [0.1, 0.15) is 11.9 Å². The fourth-order valence-corrected chi connectivity index (χ4v) is 2.78. The van der Waals surface area contributed by atoms with Crippen LogP contribution in [0.2, 0.25) is 0 Å². The van der Waals surface area contributed by atoms with Crippen LogP contribution < -0.4 is 5.32 Å². The summed E-state index contributed by atoms with van der Waals surface area (Å²) in [6, 6.07) is 7.72. The van der Waals surface area contributed by atoms with E-state index < -0.39 is 0 Å². The molecule has 1 aliphatic rings. The van der Waals surface area contributed by atoms with Crippen LogP contribution in [0.3, 0.4) is 0 Å². The van der Waals surface area contributed by atoms with Crippen LogP contribution in [0.5, 0.6) is 0 Å². The monoisotopic (exact) mass is 329 g/mol. The van der Waals surface area contributed by atoms with Gasteiger partial charge in [-0.2, -0.15) is 5.10 Å². The molecule has 1 amide bonds. The Kier molecular flexibility index (Phi) is 5.10. The Morgan fingerprint density at radius 1 is 1.42 bits per heavy atom. The highest BCUT2D eigenvalue weighted by Gasteiger charge is 2.26. The zero-order chi connectivity index (χ0) is 16.9. The van der Waals surface area contributed by atoms with Crippen molar-refractivity contribution < 1.29 is 9.53 Å². The molecule has 3 heterocycles. The van der Waals surface area contributed by atoms with Crippen LogP contribution in [0.15, 0.2) is 30.5 Å². The first-order valence-corrected chi connectivity index (χ1v) is 8.20. The number of aryl methyl sites for hydroxylation is 2. The molecule has 0 aliphatic carbocycles. The lowest BCUT2D eigenvalue weighted by Crippen LogP contribution is -2.42. The zero-order valence-electron chi connectivity index (χ0n) is 14.1. The highest BCUT2D eigenvalue weighted by molar-refractivity contribution is 5.76. The molecule has 0 aromatic carbocycles. The molecule has 3 rings (SSSR count). The van der Waals surface area contributed by atoms with E-state index in [4.69, 9.17) is 4.74 Å². The molecular formula is C17H23N5O2. The molecule has 1 fully saturated rings. The number of hydrogen-bond donors (Lipinski definition) is 1. The summed E-state index contributed by atoms with van der Waals surface area (Å²) >= 11 is 0. The molecule has 0 saturated carbocycles. The highest BCUT2D eigenvalue weighted by Crippen LogP contribution is 2.22. The molecule has 7 heteroatoms. The minimum Gasteiger partial charge on any atom is -0.373 e. The second-order valence-electron chi connectivity index (χ2n) is 5.87. The normalized spacial score (nSPS) is 17.8. The standard InChI is InChI=1S/C17H23N5O2/c1-13-6-8-22(20-13)9-7-17(23)21-10-11-24-15(12-21)14-4-3-5-16(18-2)19-14/h3-6,8,15H,7,9-12H2,1-2H3,(H,18,19)/t15-/m0/s1. The Bertz CT molecular complexity index is 700. The van der Waals surface area contributed by atoms with E-state index in [-0.39, 0.29) is 12.0 Å². The van der Waals surface area contributed by atoms with Gasteiger partial charge in [-0.05, 0) is 25.1 Å². The van der Waals surface area contributed by atoms with Crippen molar-refractivity contribution in [1.29, 1.82) is 0 Å². The second kappa shape index (κ2) is 7.44. The van der Waals surface area contributed by atoms with Crippen molar-refractivity contribution in [3.05, 3.63) is 41.9 Å². The summed E-state index contributed by atoms with van der Waals surface area (Å²) < 4.78 is 7.62. The predicted octanol–water partition coefficient (Wildman–Crippen LogP) is 1.62. The Hall–Kier alpha value is -2.41. The van der Waals surface area contributed by atoms with Gasteiger partial charge >= 0.3 is 0 Å². The lowest BCUT2D eigenvalue weighted by Gasteiger charge is -2.32. The van der Waals surface area contributed by atoms with Gasteiger partial charge in [0.15, 0.2) is 0 Å². The van der Waals surface area contributed by atoms with E-state index in [1.165, 1.54) is 0 Å². The first-order valence-electron chi connectivity index (χ1n) is 8.20. The van der Waals surface area contributed by atoms with E-state index >= 15 is 0 Å². The van der Waals surface area contributed by atoms with Gasteiger partial charge in [-0.25, -0.2) is 4.98 Å². The van der Waals surface area contributed by atoms with Crippen LogP contribution in [-0.2, 0) is 16.1 Å². The maximum absolute atomic E-state index is 12.5. The topological polar surface area (TPSA) is 72.3 Å². The Morgan fingerprint density at radius 2 is 2.29 bits per heavy atom. The number of hydrogen-bond acceptors (Lipinski definition) is 5. The molecule has 24 heavy (non-hydrogen) atoms. The molecule has 0 spiro atoms. The average Bonchev–Trinajstić information content (AvgIpc) is 3.05. The van der Waals surface area contributed by atoms with Gasteiger partial charge in [-0.15, -0.1) is 0 Å². The van der Waals surface area contributed by atoms with Gasteiger partial charge in [0.05, 0.1) is 24.5 Å². The maximum Gasteiger partial charge on any atom is 0.224 e. The first-order chi connectivity index (χ1) is 11.7. The summed E-state index contributed by atoms with van der Waals surface area (Å²) in [5, 5.41) is 7.34. The fraction of sp³-hybridized carbons (Fsp3) is 0.471. The molecule has 7 nitrogen and oxygen atoms in total. The molecule has 0 radical (unpaired) electrons. The Labute approximate surface area is 141 Å². The summed E-state index contributed by atoms with van der Waals surface area (Å²) in [6.45, 7) is 4.23. The molecule has 0 unspecified atom stereocenters. The number of nitrogens with zero attached hydrogens (tertiary/aromatic N) is 4. The van der Waals surface area contributed by atoms with E-state index in [1.54, 1.807) is 0 Å². The van der Waals surface area contributed by atoms with Gasteiger partial charge in [0, 0.05) is 32.8 Å². The number of pyridine rings is 1. The number of anilines is 1. The summed E-state index contributed by atoms with van der Waals surface area (Å²) in [7, 11) is 1.83. The zero-order valence-corrected chi connectivity index (χ0v) is 14.1. The smallest absolute Gasteiger partial charge is 0.224 e. The quantitative estimate of drug-likeness (QED) is 0.902. The summed E-state index contributed by atoms with van der Waals surface area (Å²) in [4.78, 5) is 18.9. The van der Waals surface area contributed by atoms with Crippen LogP contribution in [-0.4, -0.2) is 52.3 Å². The van der Waals surface area contributed by atoms with Crippen molar-refractivity contribution in [2.75, 3.05) is 32.1 Å². The van der Waals surface area contributed by atoms with Crippen LogP contribution in [0.25, 0.3) is 0 Å². The average molecular weight is 329 g/mol. The van der Waals surface area contributed by atoms with Crippen molar-refractivity contribution in [3.63, 3.8) is 0 Å². The molecule has 1 saturated heterocycles. The van der Waals surface area contributed by atoms with Gasteiger partial charge < -0.3 is 15.0 Å². The predicted molar refractivity (Wildman–Crippen MR) is 90.6 cm³/mol. The number of aromatic nitrogens is 3. The van der Waals surface area contributed by atoms with Crippen molar-refractivity contribution >= 4 is 11.7 Å². The minimum absolute atomic E-state index is 0.126. The van der Waals surface area contributed by atoms with Crippen LogP contribution in [0.1, 0.15) is 23.9 Å².